The van der Waals surface area contributed by atoms with Crippen molar-refractivity contribution in [3.8, 4) is 0 Å². The summed E-state index contributed by atoms with van der Waals surface area (Å²) in [6, 6.07) is 2.04. The Labute approximate surface area is 105 Å². The molecule has 0 saturated heterocycles. The van der Waals surface area contributed by atoms with Crippen LogP contribution in [0.1, 0.15) is 28.4 Å². The fourth-order valence-electron chi connectivity index (χ4n) is 1.66. The zero-order chi connectivity index (χ0) is 13.0. The molecule has 2 aromatic rings. The molecule has 0 fully saturated rings. The molecule has 0 bridgehead atoms. The lowest BCUT2D eigenvalue weighted by Crippen LogP contribution is -2.04. The van der Waals surface area contributed by atoms with E-state index in [1.807, 2.05) is 13.0 Å². The van der Waals surface area contributed by atoms with Crippen LogP contribution >= 0.6 is 0 Å². The largest absolute Gasteiger partial charge is 0.462 e. The predicted molar refractivity (Wildman–Crippen MR) is 66.3 cm³/mol. The minimum Gasteiger partial charge on any atom is -0.462 e. The topological polar surface area (TPSA) is 57.0 Å². The number of ether oxygens (including phenoxy) is 1. The number of pyridine rings is 1. The quantitative estimate of drug-likeness (QED) is 0.771. The van der Waals surface area contributed by atoms with Gasteiger partial charge in [0.05, 0.1) is 24.9 Å². The van der Waals surface area contributed by atoms with Gasteiger partial charge in [-0.15, -0.1) is 0 Å². The third kappa shape index (κ3) is 2.94. The first-order chi connectivity index (χ1) is 8.69. The standard InChI is InChI=1S/C13H15N3O2/c1-3-18-13(17)12-7-15-16(9-12)8-11-4-10(2)5-14-6-11/h4-7,9H,3,8H2,1-2H3. The Kier molecular flexibility index (Phi) is 3.72. The smallest absolute Gasteiger partial charge is 0.341 e. The van der Waals surface area contributed by atoms with E-state index in [1.165, 1.54) is 6.20 Å². The first kappa shape index (κ1) is 12.3. The fraction of sp³-hybridized carbons (Fsp3) is 0.308. The van der Waals surface area contributed by atoms with Crippen molar-refractivity contribution in [2.45, 2.75) is 20.4 Å². The molecule has 0 radical (unpaired) electrons. The molecule has 0 aliphatic heterocycles. The second kappa shape index (κ2) is 5.44. The minimum atomic E-state index is -0.342. The summed E-state index contributed by atoms with van der Waals surface area (Å²) < 4.78 is 6.60. The van der Waals surface area contributed by atoms with Gasteiger partial charge in [0.1, 0.15) is 0 Å². The number of rotatable bonds is 4. The molecular weight excluding hydrogens is 230 g/mol. The van der Waals surface area contributed by atoms with Crippen LogP contribution in [0.25, 0.3) is 0 Å². The molecule has 0 aliphatic carbocycles. The first-order valence-electron chi connectivity index (χ1n) is 5.79. The summed E-state index contributed by atoms with van der Waals surface area (Å²) in [6.07, 6.45) is 6.79. The van der Waals surface area contributed by atoms with Gasteiger partial charge in [0.15, 0.2) is 0 Å². The van der Waals surface area contributed by atoms with Crippen LogP contribution in [-0.4, -0.2) is 27.3 Å². The second-order valence-electron chi connectivity index (χ2n) is 4.02. The van der Waals surface area contributed by atoms with E-state index in [4.69, 9.17) is 4.74 Å². The van der Waals surface area contributed by atoms with Crippen LogP contribution in [0.3, 0.4) is 0 Å². The Morgan fingerprint density at radius 3 is 2.94 bits per heavy atom. The summed E-state index contributed by atoms with van der Waals surface area (Å²) >= 11 is 0. The maximum Gasteiger partial charge on any atom is 0.341 e. The molecule has 0 unspecified atom stereocenters. The van der Waals surface area contributed by atoms with Crippen molar-refractivity contribution in [3.05, 3.63) is 47.5 Å². The molecule has 0 amide bonds. The van der Waals surface area contributed by atoms with Gasteiger partial charge in [-0.25, -0.2) is 4.79 Å². The molecule has 0 spiro atoms. The number of carbonyl (C=O) groups excluding carboxylic acids is 1. The molecular formula is C13H15N3O2. The van der Waals surface area contributed by atoms with Gasteiger partial charge >= 0.3 is 5.97 Å². The number of esters is 1. The summed E-state index contributed by atoms with van der Waals surface area (Å²) in [6.45, 7) is 4.73. The van der Waals surface area contributed by atoms with Gasteiger partial charge in [0.25, 0.3) is 0 Å². The van der Waals surface area contributed by atoms with Gasteiger partial charge in [-0.2, -0.15) is 5.10 Å². The summed E-state index contributed by atoms with van der Waals surface area (Å²) in [5, 5.41) is 4.13. The monoisotopic (exact) mass is 245 g/mol. The molecule has 0 atom stereocenters. The van der Waals surface area contributed by atoms with Crippen LogP contribution in [0.4, 0.5) is 0 Å². The van der Waals surface area contributed by atoms with Gasteiger partial charge < -0.3 is 4.74 Å². The van der Waals surface area contributed by atoms with Crippen molar-refractivity contribution >= 4 is 5.97 Å². The van der Waals surface area contributed by atoms with Crippen molar-refractivity contribution in [1.82, 2.24) is 14.8 Å². The Morgan fingerprint density at radius 1 is 1.39 bits per heavy atom. The van der Waals surface area contributed by atoms with E-state index >= 15 is 0 Å². The van der Waals surface area contributed by atoms with Crippen LogP contribution in [0.15, 0.2) is 30.9 Å². The maximum absolute atomic E-state index is 11.5. The van der Waals surface area contributed by atoms with Gasteiger partial charge in [0.2, 0.25) is 0 Å². The molecule has 18 heavy (non-hydrogen) atoms. The average molecular weight is 245 g/mol. The molecule has 0 N–H and O–H groups in total. The Morgan fingerprint density at radius 2 is 2.22 bits per heavy atom. The van der Waals surface area contributed by atoms with E-state index in [-0.39, 0.29) is 5.97 Å². The molecule has 0 aliphatic rings. The van der Waals surface area contributed by atoms with Gasteiger partial charge in [-0.3, -0.25) is 9.67 Å². The lowest BCUT2D eigenvalue weighted by atomic mass is 10.2. The van der Waals surface area contributed by atoms with E-state index in [0.717, 1.165) is 11.1 Å². The van der Waals surface area contributed by atoms with Gasteiger partial charge in [-0.1, -0.05) is 6.07 Å². The van der Waals surface area contributed by atoms with Crippen LogP contribution in [0, 0.1) is 6.92 Å². The number of aromatic nitrogens is 3. The van der Waals surface area contributed by atoms with Crippen LogP contribution in [-0.2, 0) is 11.3 Å². The van der Waals surface area contributed by atoms with Crippen molar-refractivity contribution in [3.63, 3.8) is 0 Å². The number of hydrogen-bond acceptors (Lipinski definition) is 4. The number of aryl methyl sites for hydroxylation is 1. The fourth-order valence-corrected chi connectivity index (χ4v) is 1.66. The SMILES string of the molecule is CCOC(=O)c1cnn(Cc2cncc(C)c2)c1. The third-order valence-electron chi connectivity index (χ3n) is 2.42. The number of carbonyl (C=O) groups is 1. The zero-order valence-electron chi connectivity index (χ0n) is 10.5. The number of hydrogen-bond donors (Lipinski definition) is 0. The van der Waals surface area contributed by atoms with Crippen molar-refractivity contribution in [2.75, 3.05) is 6.61 Å². The van der Waals surface area contributed by atoms with E-state index in [2.05, 4.69) is 10.1 Å². The van der Waals surface area contributed by atoms with Crippen LogP contribution < -0.4 is 0 Å². The predicted octanol–water partition coefficient (Wildman–Crippen LogP) is 1.81. The lowest BCUT2D eigenvalue weighted by molar-refractivity contribution is 0.0526. The average Bonchev–Trinajstić information content (AvgIpc) is 2.78. The molecule has 0 saturated carbocycles. The maximum atomic E-state index is 11.5. The molecule has 2 heterocycles. The molecule has 2 aromatic heterocycles. The summed E-state index contributed by atoms with van der Waals surface area (Å²) in [4.78, 5) is 15.6. The molecule has 2 rings (SSSR count). The number of nitrogens with zero attached hydrogens (tertiary/aromatic N) is 3. The second-order valence-corrected chi connectivity index (χ2v) is 4.02. The summed E-state index contributed by atoms with van der Waals surface area (Å²) in [7, 11) is 0. The third-order valence-corrected chi connectivity index (χ3v) is 2.42. The minimum absolute atomic E-state index is 0.342. The first-order valence-corrected chi connectivity index (χ1v) is 5.79. The highest BCUT2D eigenvalue weighted by molar-refractivity contribution is 5.88. The van der Waals surface area contributed by atoms with Gasteiger partial charge in [-0.05, 0) is 25.0 Å². The highest BCUT2D eigenvalue weighted by atomic mass is 16.5. The normalized spacial score (nSPS) is 10.3. The Bertz CT molecular complexity index is 549. The van der Waals surface area contributed by atoms with Crippen molar-refractivity contribution < 1.29 is 9.53 Å². The Hall–Kier alpha value is -2.17. The van der Waals surface area contributed by atoms with E-state index < -0.39 is 0 Å². The van der Waals surface area contributed by atoms with E-state index in [1.54, 1.807) is 30.2 Å². The molecule has 5 heteroatoms. The highest BCUT2D eigenvalue weighted by Gasteiger charge is 2.09. The molecule has 94 valence electrons. The zero-order valence-corrected chi connectivity index (χ0v) is 10.5. The van der Waals surface area contributed by atoms with Crippen LogP contribution in [0.5, 0.6) is 0 Å². The van der Waals surface area contributed by atoms with Crippen molar-refractivity contribution in [2.24, 2.45) is 0 Å². The van der Waals surface area contributed by atoms with E-state index in [0.29, 0.717) is 18.7 Å². The summed E-state index contributed by atoms with van der Waals surface area (Å²) in [5.74, 6) is -0.342. The Balaban J connectivity index is 2.09. The van der Waals surface area contributed by atoms with Crippen LogP contribution in [0.2, 0.25) is 0 Å². The summed E-state index contributed by atoms with van der Waals surface area (Å²) in [5.41, 5.74) is 2.62. The lowest BCUT2D eigenvalue weighted by Gasteiger charge is -2.02. The van der Waals surface area contributed by atoms with Crippen molar-refractivity contribution in [1.29, 1.82) is 0 Å². The van der Waals surface area contributed by atoms with Gasteiger partial charge in [0, 0.05) is 18.6 Å². The molecule has 0 aromatic carbocycles. The highest BCUT2D eigenvalue weighted by Crippen LogP contribution is 2.06. The molecule has 5 nitrogen and oxygen atoms in total. The van der Waals surface area contributed by atoms with E-state index in [9.17, 15) is 4.79 Å².